The van der Waals surface area contributed by atoms with Crippen LogP contribution in [0.25, 0.3) is 0 Å². The summed E-state index contributed by atoms with van der Waals surface area (Å²) in [7, 11) is 1.63. The minimum atomic E-state index is -0.189. The van der Waals surface area contributed by atoms with Gasteiger partial charge >= 0.3 is 0 Å². The van der Waals surface area contributed by atoms with Crippen LogP contribution in [0.1, 0.15) is 16.8 Å². The summed E-state index contributed by atoms with van der Waals surface area (Å²) in [6.07, 6.45) is 2.42. The first-order valence-corrected chi connectivity index (χ1v) is 9.37. The van der Waals surface area contributed by atoms with E-state index in [-0.39, 0.29) is 18.4 Å². The molecule has 0 aliphatic heterocycles. The molecule has 0 unspecified atom stereocenters. The molecule has 3 N–H and O–H groups in total. The monoisotopic (exact) mass is 397 g/mol. The van der Waals surface area contributed by atoms with Crippen LogP contribution in [0.5, 0.6) is 5.75 Å². The van der Waals surface area contributed by atoms with Crippen LogP contribution in [-0.2, 0) is 9.53 Å². The van der Waals surface area contributed by atoms with Gasteiger partial charge in [-0.2, -0.15) is 0 Å². The van der Waals surface area contributed by atoms with Gasteiger partial charge in [0.05, 0.1) is 6.54 Å². The number of anilines is 2. The van der Waals surface area contributed by atoms with Crippen molar-refractivity contribution in [3.8, 4) is 5.75 Å². The highest BCUT2D eigenvalue weighted by molar-refractivity contribution is 5.95. The maximum Gasteiger partial charge on any atom is 0.251 e. The van der Waals surface area contributed by atoms with Gasteiger partial charge in [0.15, 0.2) is 0 Å². The van der Waals surface area contributed by atoms with E-state index in [1.165, 1.54) is 0 Å². The van der Waals surface area contributed by atoms with Crippen LogP contribution in [-0.4, -0.2) is 45.2 Å². The minimum Gasteiger partial charge on any atom is -0.489 e. The summed E-state index contributed by atoms with van der Waals surface area (Å²) < 4.78 is 10.4. The third-order valence-corrected chi connectivity index (χ3v) is 3.90. The normalized spacial score (nSPS) is 10.1. The molecule has 0 heterocycles. The van der Waals surface area contributed by atoms with Crippen molar-refractivity contribution in [1.82, 2.24) is 5.32 Å². The van der Waals surface area contributed by atoms with E-state index in [2.05, 4.69) is 22.5 Å². The van der Waals surface area contributed by atoms with E-state index in [1.54, 1.807) is 55.7 Å². The van der Waals surface area contributed by atoms with Crippen LogP contribution in [0.3, 0.4) is 0 Å². The second kappa shape index (κ2) is 12.2. The summed E-state index contributed by atoms with van der Waals surface area (Å²) in [5, 5.41) is 8.67. The topological polar surface area (TPSA) is 88.7 Å². The van der Waals surface area contributed by atoms with E-state index < -0.39 is 0 Å². The molecule has 0 saturated carbocycles. The molecule has 0 fully saturated rings. The second-order valence-corrected chi connectivity index (χ2v) is 6.21. The fourth-order valence-electron chi connectivity index (χ4n) is 2.47. The van der Waals surface area contributed by atoms with Crippen LogP contribution in [0, 0.1) is 0 Å². The lowest BCUT2D eigenvalue weighted by Crippen LogP contribution is -2.25. The van der Waals surface area contributed by atoms with Gasteiger partial charge in [-0.25, -0.2) is 0 Å². The standard InChI is InChI=1S/C22H27N3O4/c1-3-13-29-20-7-4-6-19(15-20)25-21(26)16-24-18-10-8-17(9-11-18)22(27)23-12-5-14-28-2/h3-4,6-11,15,24H,1,5,12-14,16H2,2H3,(H,23,27)(H,25,26). The first-order chi connectivity index (χ1) is 14.1. The Balaban J connectivity index is 1.78. The SMILES string of the molecule is C=CCOc1cccc(NC(=O)CNc2ccc(C(=O)NCCCOC)cc2)c1. The van der Waals surface area contributed by atoms with E-state index in [0.717, 1.165) is 12.1 Å². The van der Waals surface area contributed by atoms with Gasteiger partial charge in [0.2, 0.25) is 5.91 Å². The Morgan fingerprint density at radius 1 is 1.10 bits per heavy atom. The highest BCUT2D eigenvalue weighted by Gasteiger charge is 2.06. The number of rotatable bonds is 12. The maximum absolute atomic E-state index is 12.2. The number of carbonyl (C=O) groups excluding carboxylic acids is 2. The molecule has 0 aliphatic carbocycles. The Labute approximate surface area is 171 Å². The van der Waals surface area contributed by atoms with Crippen molar-refractivity contribution >= 4 is 23.2 Å². The van der Waals surface area contributed by atoms with Crippen molar-refractivity contribution in [2.24, 2.45) is 0 Å². The molecule has 0 radical (unpaired) electrons. The lowest BCUT2D eigenvalue weighted by atomic mass is 10.2. The van der Waals surface area contributed by atoms with Crippen molar-refractivity contribution in [2.45, 2.75) is 6.42 Å². The van der Waals surface area contributed by atoms with Gasteiger partial charge in [-0.05, 0) is 42.8 Å². The molecule has 2 aromatic rings. The third kappa shape index (κ3) is 8.06. The second-order valence-electron chi connectivity index (χ2n) is 6.21. The van der Waals surface area contributed by atoms with E-state index in [0.29, 0.717) is 36.8 Å². The van der Waals surface area contributed by atoms with Crippen LogP contribution in [0.2, 0.25) is 0 Å². The van der Waals surface area contributed by atoms with Gasteiger partial charge in [0, 0.05) is 43.3 Å². The Morgan fingerprint density at radius 2 is 1.90 bits per heavy atom. The molecule has 7 heteroatoms. The largest absolute Gasteiger partial charge is 0.489 e. The fraction of sp³-hybridized carbons (Fsp3) is 0.273. The molecule has 2 aromatic carbocycles. The van der Waals surface area contributed by atoms with E-state index in [4.69, 9.17) is 9.47 Å². The summed E-state index contributed by atoms with van der Waals surface area (Å²) in [5.41, 5.74) is 1.96. The Kier molecular flexibility index (Phi) is 9.24. The van der Waals surface area contributed by atoms with Crippen molar-refractivity contribution < 1.29 is 19.1 Å². The van der Waals surface area contributed by atoms with Gasteiger partial charge in [0.1, 0.15) is 12.4 Å². The zero-order valence-electron chi connectivity index (χ0n) is 16.6. The van der Waals surface area contributed by atoms with Gasteiger partial charge in [0.25, 0.3) is 5.91 Å². The molecular formula is C22H27N3O4. The third-order valence-electron chi connectivity index (χ3n) is 3.90. The number of benzene rings is 2. The predicted molar refractivity (Wildman–Crippen MR) is 115 cm³/mol. The summed E-state index contributed by atoms with van der Waals surface area (Å²) in [4.78, 5) is 24.2. The van der Waals surface area contributed by atoms with Gasteiger partial charge in [-0.1, -0.05) is 18.7 Å². The molecule has 0 bridgehead atoms. The van der Waals surface area contributed by atoms with Crippen LogP contribution >= 0.6 is 0 Å². The quantitative estimate of drug-likeness (QED) is 0.378. The number of carbonyl (C=O) groups is 2. The molecule has 2 amide bonds. The number of nitrogens with one attached hydrogen (secondary N) is 3. The van der Waals surface area contributed by atoms with E-state index >= 15 is 0 Å². The Morgan fingerprint density at radius 3 is 2.62 bits per heavy atom. The lowest BCUT2D eigenvalue weighted by molar-refractivity contribution is -0.114. The van der Waals surface area contributed by atoms with Crippen molar-refractivity contribution in [2.75, 3.05) is 44.0 Å². The van der Waals surface area contributed by atoms with Crippen LogP contribution in [0.4, 0.5) is 11.4 Å². The number of hydrogen-bond acceptors (Lipinski definition) is 5. The molecule has 7 nitrogen and oxygen atoms in total. The fourth-order valence-corrected chi connectivity index (χ4v) is 2.47. The highest BCUT2D eigenvalue weighted by atomic mass is 16.5. The van der Waals surface area contributed by atoms with Crippen LogP contribution < -0.4 is 20.7 Å². The Bertz CT molecular complexity index is 806. The van der Waals surface area contributed by atoms with Gasteiger partial charge in [-0.3, -0.25) is 9.59 Å². The smallest absolute Gasteiger partial charge is 0.251 e. The number of amides is 2. The highest BCUT2D eigenvalue weighted by Crippen LogP contribution is 2.17. The number of ether oxygens (including phenoxy) is 2. The van der Waals surface area contributed by atoms with Crippen molar-refractivity contribution in [1.29, 1.82) is 0 Å². The van der Waals surface area contributed by atoms with E-state index in [9.17, 15) is 9.59 Å². The lowest BCUT2D eigenvalue weighted by Gasteiger charge is -2.10. The predicted octanol–water partition coefficient (Wildman–Crippen LogP) is 3.07. The number of methoxy groups -OCH3 is 1. The van der Waals surface area contributed by atoms with Gasteiger partial charge in [-0.15, -0.1) is 0 Å². The molecule has 0 saturated heterocycles. The molecular weight excluding hydrogens is 370 g/mol. The first kappa shape index (κ1) is 22.0. The molecule has 0 atom stereocenters. The average molecular weight is 397 g/mol. The average Bonchev–Trinajstić information content (AvgIpc) is 2.74. The summed E-state index contributed by atoms with van der Waals surface area (Å²) in [6, 6.07) is 14.1. The minimum absolute atomic E-state index is 0.0975. The van der Waals surface area contributed by atoms with Crippen molar-refractivity contribution in [3.05, 3.63) is 66.7 Å². The van der Waals surface area contributed by atoms with E-state index in [1.807, 2.05) is 6.07 Å². The molecule has 0 aromatic heterocycles. The molecule has 29 heavy (non-hydrogen) atoms. The molecule has 0 aliphatic rings. The zero-order valence-corrected chi connectivity index (χ0v) is 16.6. The summed E-state index contributed by atoms with van der Waals surface area (Å²) in [5.74, 6) is 0.335. The zero-order chi connectivity index (χ0) is 20.9. The first-order valence-electron chi connectivity index (χ1n) is 9.37. The molecule has 0 spiro atoms. The summed E-state index contributed by atoms with van der Waals surface area (Å²) in [6.45, 7) is 5.28. The summed E-state index contributed by atoms with van der Waals surface area (Å²) >= 11 is 0. The van der Waals surface area contributed by atoms with Gasteiger partial charge < -0.3 is 25.4 Å². The van der Waals surface area contributed by atoms with Crippen molar-refractivity contribution in [3.63, 3.8) is 0 Å². The molecule has 2 rings (SSSR count). The number of hydrogen-bond donors (Lipinski definition) is 3. The Hall–Kier alpha value is -3.32. The maximum atomic E-state index is 12.2. The van der Waals surface area contributed by atoms with Crippen LogP contribution in [0.15, 0.2) is 61.2 Å². The molecule has 154 valence electrons.